The molecule has 4 aromatic rings. The van der Waals surface area contributed by atoms with Gasteiger partial charge in [0.15, 0.2) is 0 Å². The second-order valence-electron chi connectivity index (χ2n) is 15.1. The summed E-state index contributed by atoms with van der Waals surface area (Å²) in [6.45, 7) is 4.69. The van der Waals surface area contributed by atoms with E-state index in [9.17, 15) is 29.0 Å². The minimum Gasteiger partial charge on any atom is -0.480 e. The molecule has 2 saturated heterocycles. The molecule has 56 heavy (non-hydrogen) atoms. The zero-order valence-corrected chi connectivity index (χ0v) is 31.9. The molecular formula is C44H51FN4O7. The average molecular weight is 767 g/mol. The number of carboxylic acid groups (broad SMARTS) is 1. The van der Waals surface area contributed by atoms with Gasteiger partial charge in [0.1, 0.15) is 29.9 Å². The van der Waals surface area contributed by atoms with Gasteiger partial charge >= 0.3 is 5.97 Å². The van der Waals surface area contributed by atoms with Gasteiger partial charge in [0, 0.05) is 18.4 Å². The fraction of sp³-hybridized carbons (Fsp3) is 0.409. The largest absolute Gasteiger partial charge is 0.480 e. The van der Waals surface area contributed by atoms with Crippen molar-refractivity contribution < 1.29 is 38.5 Å². The van der Waals surface area contributed by atoms with E-state index in [-0.39, 0.29) is 36.2 Å². The van der Waals surface area contributed by atoms with E-state index in [0.717, 1.165) is 42.0 Å². The SMILES string of the molecule is CC(C)C(NC(=O)COC1(CCc2ccc([C@@H]3C(CCC(O)c4ccc(F)cc4)C(=O)N3c3ccc(CCCNc4ccccn4)cc3)cc2)COC1)C(=O)O. The summed E-state index contributed by atoms with van der Waals surface area (Å²) in [6.07, 6.45) is 4.81. The Bertz CT molecular complexity index is 1900. The van der Waals surface area contributed by atoms with Crippen LogP contribution < -0.4 is 15.5 Å². The topological polar surface area (TPSA) is 150 Å². The molecule has 3 unspecified atom stereocenters. The first-order valence-electron chi connectivity index (χ1n) is 19.3. The van der Waals surface area contributed by atoms with Crippen molar-refractivity contribution in [1.82, 2.24) is 10.3 Å². The lowest BCUT2D eigenvalue weighted by Gasteiger charge is -2.48. The van der Waals surface area contributed by atoms with Crippen molar-refractivity contribution in [3.05, 3.63) is 125 Å². The van der Waals surface area contributed by atoms with Gasteiger partial charge in [-0.25, -0.2) is 14.2 Å². The monoisotopic (exact) mass is 766 g/mol. The van der Waals surface area contributed by atoms with Crippen LogP contribution in [0.1, 0.15) is 73.9 Å². The van der Waals surface area contributed by atoms with E-state index in [1.165, 1.54) is 17.7 Å². The molecule has 0 bridgehead atoms. The molecule has 6 rings (SSSR count). The maximum atomic E-state index is 13.8. The van der Waals surface area contributed by atoms with Gasteiger partial charge in [-0.05, 0) is 103 Å². The number of benzene rings is 3. The third-order valence-corrected chi connectivity index (χ3v) is 10.7. The number of β-lactam (4-membered cyclic amide) rings is 1. The molecule has 4 atom stereocenters. The highest BCUT2D eigenvalue weighted by Gasteiger charge is 2.48. The third-order valence-electron chi connectivity index (χ3n) is 10.7. The summed E-state index contributed by atoms with van der Waals surface area (Å²) in [5.41, 5.74) is 3.99. The van der Waals surface area contributed by atoms with Crippen LogP contribution in [-0.2, 0) is 36.7 Å². The van der Waals surface area contributed by atoms with Crippen molar-refractivity contribution in [2.24, 2.45) is 11.8 Å². The van der Waals surface area contributed by atoms with Gasteiger partial charge in [-0.2, -0.15) is 0 Å². The first kappa shape index (κ1) is 40.5. The van der Waals surface area contributed by atoms with E-state index in [0.29, 0.717) is 44.5 Å². The molecule has 0 saturated carbocycles. The number of hydrogen-bond acceptors (Lipinski definition) is 8. The highest BCUT2D eigenvalue weighted by molar-refractivity contribution is 6.03. The first-order valence-corrected chi connectivity index (χ1v) is 19.3. The summed E-state index contributed by atoms with van der Waals surface area (Å²) in [7, 11) is 0. The predicted octanol–water partition coefficient (Wildman–Crippen LogP) is 6.43. The van der Waals surface area contributed by atoms with Crippen LogP contribution in [0.25, 0.3) is 0 Å². The van der Waals surface area contributed by atoms with Crippen molar-refractivity contribution in [2.75, 3.05) is 36.6 Å². The number of carbonyl (C=O) groups excluding carboxylic acids is 2. The number of pyridine rings is 1. The van der Waals surface area contributed by atoms with Gasteiger partial charge in [0.2, 0.25) is 11.8 Å². The van der Waals surface area contributed by atoms with Gasteiger partial charge in [-0.1, -0.05) is 68.4 Å². The van der Waals surface area contributed by atoms with Crippen molar-refractivity contribution in [3.8, 4) is 0 Å². The number of nitrogens with one attached hydrogen (secondary N) is 2. The molecule has 2 amide bonds. The normalized spacial score (nSPS) is 18.4. The number of carbonyl (C=O) groups is 3. The Morgan fingerprint density at radius 3 is 2.30 bits per heavy atom. The quantitative estimate of drug-likeness (QED) is 0.0590. The number of anilines is 2. The van der Waals surface area contributed by atoms with Crippen LogP contribution in [-0.4, -0.2) is 71.0 Å². The summed E-state index contributed by atoms with van der Waals surface area (Å²) in [5, 5.41) is 26.2. The number of halogens is 1. The number of aliphatic hydroxyl groups excluding tert-OH is 1. The fourth-order valence-corrected chi connectivity index (χ4v) is 7.32. The van der Waals surface area contributed by atoms with Gasteiger partial charge in [-0.15, -0.1) is 0 Å². The average Bonchev–Trinajstić information content (AvgIpc) is 3.18. The van der Waals surface area contributed by atoms with Crippen LogP contribution in [0.4, 0.5) is 15.9 Å². The molecule has 11 nitrogen and oxygen atoms in total. The summed E-state index contributed by atoms with van der Waals surface area (Å²) in [6, 6.07) is 26.6. The second kappa shape index (κ2) is 18.6. The Morgan fingerprint density at radius 1 is 0.982 bits per heavy atom. The molecule has 296 valence electrons. The van der Waals surface area contributed by atoms with Gasteiger partial charge in [0.25, 0.3) is 0 Å². The number of ether oxygens (including phenoxy) is 2. The number of rotatable bonds is 20. The Morgan fingerprint density at radius 2 is 1.68 bits per heavy atom. The smallest absolute Gasteiger partial charge is 0.326 e. The number of aliphatic carboxylic acids is 1. The number of nitrogens with zero attached hydrogens (tertiary/aromatic N) is 2. The molecule has 2 fully saturated rings. The molecule has 0 spiro atoms. The first-order chi connectivity index (χ1) is 27.0. The Kier molecular flexibility index (Phi) is 13.5. The van der Waals surface area contributed by atoms with Gasteiger partial charge < -0.3 is 35.2 Å². The standard InChI is InChI=1S/C44H51FN4O7/c1-29(2)40(43(53)54)48-39(51)26-56-44(27-55-28-44)23-22-31-8-12-33(13-9-31)41-36(20-21-37(50)32-14-16-34(45)17-15-32)42(52)49(41)35-18-10-30(11-19-35)6-5-25-47-38-7-3-4-24-46-38/h3-4,7-19,24,29,36-37,40-41,50H,5-6,20-23,25-28H2,1-2H3,(H,46,47)(H,48,51)(H,53,54)/t36?,37?,40?,41-/m1/s1. The van der Waals surface area contributed by atoms with E-state index in [2.05, 4.69) is 27.8 Å². The lowest BCUT2D eigenvalue weighted by atomic mass is 9.78. The Labute approximate surface area is 327 Å². The molecule has 4 N–H and O–H groups in total. The van der Waals surface area contributed by atoms with E-state index in [1.807, 2.05) is 59.5 Å². The summed E-state index contributed by atoms with van der Waals surface area (Å²) < 4.78 is 25.0. The summed E-state index contributed by atoms with van der Waals surface area (Å²) in [5.74, 6) is -1.71. The minimum absolute atomic E-state index is 0.00567. The number of aliphatic hydroxyl groups is 1. The van der Waals surface area contributed by atoms with Gasteiger partial charge in [0.05, 0.1) is 31.3 Å². The van der Waals surface area contributed by atoms with Crippen molar-refractivity contribution in [3.63, 3.8) is 0 Å². The fourth-order valence-electron chi connectivity index (χ4n) is 7.32. The van der Waals surface area contributed by atoms with Crippen molar-refractivity contribution in [2.45, 2.75) is 76.2 Å². The highest BCUT2D eigenvalue weighted by atomic mass is 19.1. The van der Waals surface area contributed by atoms with Crippen LogP contribution >= 0.6 is 0 Å². The molecule has 1 aromatic heterocycles. The molecule has 0 aliphatic carbocycles. The van der Waals surface area contributed by atoms with Crippen LogP contribution in [0.15, 0.2) is 97.2 Å². The lowest BCUT2D eigenvalue weighted by molar-refractivity contribution is -0.212. The second-order valence-corrected chi connectivity index (χ2v) is 15.1. The zero-order valence-electron chi connectivity index (χ0n) is 31.9. The summed E-state index contributed by atoms with van der Waals surface area (Å²) in [4.78, 5) is 44.0. The number of amides is 2. The third kappa shape index (κ3) is 10.2. The van der Waals surface area contributed by atoms with Crippen LogP contribution in [0, 0.1) is 17.7 Å². The molecule has 0 radical (unpaired) electrons. The number of hydrogen-bond donors (Lipinski definition) is 4. The van der Waals surface area contributed by atoms with Crippen molar-refractivity contribution >= 4 is 29.3 Å². The number of aryl methyl sites for hydroxylation is 2. The van der Waals surface area contributed by atoms with Crippen LogP contribution in [0.5, 0.6) is 0 Å². The zero-order chi connectivity index (χ0) is 39.7. The molecule has 3 aromatic carbocycles. The van der Waals surface area contributed by atoms with E-state index in [1.54, 1.807) is 32.2 Å². The molecule has 3 heterocycles. The molecule has 12 heteroatoms. The molecule has 2 aliphatic rings. The molecule has 2 aliphatic heterocycles. The number of carboxylic acids is 1. The van der Waals surface area contributed by atoms with Crippen LogP contribution in [0.2, 0.25) is 0 Å². The minimum atomic E-state index is -1.09. The summed E-state index contributed by atoms with van der Waals surface area (Å²) >= 11 is 0. The number of aromatic nitrogens is 1. The maximum absolute atomic E-state index is 13.8. The van der Waals surface area contributed by atoms with E-state index < -0.39 is 29.6 Å². The van der Waals surface area contributed by atoms with Crippen molar-refractivity contribution in [1.29, 1.82) is 0 Å². The lowest BCUT2D eigenvalue weighted by Crippen LogP contribution is -2.55. The Balaban J connectivity index is 1.09. The van der Waals surface area contributed by atoms with E-state index >= 15 is 0 Å². The predicted molar refractivity (Wildman–Crippen MR) is 210 cm³/mol. The molecular weight excluding hydrogens is 716 g/mol. The van der Waals surface area contributed by atoms with E-state index in [4.69, 9.17) is 9.47 Å². The highest BCUT2D eigenvalue weighted by Crippen LogP contribution is 2.46. The van der Waals surface area contributed by atoms with Gasteiger partial charge in [-0.3, -0.25) is 9.59 Å². The maximum Gasteiger partial charge on any atom is 0.326 e. The Hall–Kier alpha value is -5.17. The van der Waals surface area contributed by atoms with Crippen LogP contribution in [0.3, 0.4) is 0 Å².